The molecule has 1 aliphatic carbocycles. The fourth-order valence-corrected chi connectivity index (χ4v) is 7.03. The maximum atomic E-state index is 14.0. The second-order valence-electron chi connectivity index (χ2n) is 10.3. The van der Waals surface area contributed by atoms with Gasteiger partial charge in [-0.05, 0) is 51.3 Å². The van der Waals surface area contributed by atoms with Crippen molar-refractivity contribution in [2.45, 2.75) is 75.7 Å². The van der Waals surface area contributed by atoms with Gasteiger partial charge in [-0.25, -0.2) is 17.2 Å². The summed E-state index contributed by atoms with van der Waals surface area (Å²) in [6.45, 7) is 2.00. The molecule has 2 aliphatic heterocycles. The number of rotatable bonds is 8. The number of hydrogen-bond acceptors (Lipinski definition) is 6. The Kier molecular flexibility index (Phi) is 8.39. The van der Waals surface area contributed by atoms with E-state index in [9.17, 15) is 26.8 Å². The van der Waals surface area contributed by atoms with Gasteiger partial charge in [-0.15, -0.1) is 0 Å². The van der Waals surface area contributed by atoms with Gasteiger partial charge in [-0.2, -0.15) is 4.31 Å². The van der Waals surface area contributed by atoms with Crippen LogP contribution in [-0.2, 0) is 19.6 Å². The number of fused-ring (bicyclic) bond motifs is 1. The van der Waals surface area contributed by atoms with Gasteiger partial charge in [0.2, 0.25) is 21.8 Å². The van der Waals surface area contributed by atoms with Crippen LogP contribution in [0, 0.1) is 17.6 Å². The predicted molar refractivity (Wildman–Crippen MR) is 133 cm³/mol. The Morgan fingerprint density at radius 1 is 1.11 bits per heavy atom. The van der Waals surface area contributed by atoms with Crippen molar-refractivity contribution >= 4 is 21.8 Å². The maximum Gasteiger partial charge on any atom is 0.245 e. The van der Waals surface area contributed by atoms with Crippen LogP contribution in [0.15, 0.2) is 18.2 Å². The lowest BCUT2D eigenvalue weighted by Crippen LogP contribution is -2.58. The van der Waals surface area contributed by atoms with Crippen LogP contribution in [0.3, 0.4) is 0 Å². The molecule has 5 atom stereocenters. The van der Waals surface area contributed by atoms with Crippen molar-refractivity contribution in [2.24, 2.45) is 5.92 Å². The number of halogens is 2. The summed E-state index contributed by atoms with van der Waals surface area (Å²) in [6.07, 6.45) is 5.41. The lowest BCUT2D eigenvalue weighted by molar-refractivity contribution is -0.140. The summed E-state index contributed by atoms with van der Waals surface area (Å²) < 4.78 is 59.8. The van der Waals surface area contributed by atoms with Crippen LogP contribution in [0.4, 0.5) is 8.78 Å². The van der Waals surface area contributed by atoms with Crippen LogP contribution < -0.4 is 15.4 Å². The summed E-state index contributed by atoms with van der Waals surface area (Å²) in [4.78, 5) is 28.5. The number of nitrogens with one attached hydrogen (secondary N) is 2. The van der Waals surface area contributed by atoms with Crippen molar-refractivity contribution in [3.05, 3.63) is 29.8 Å². The molecule has 1 aromatic rings. The third kappa shape index (κ3) is 5.91. The molecule has 0 radical (unpaired) electrons. The molecule has 1 saturated carbocycles. The highest BCUT2D eigenvalue weighted by molar-refractivity contribution is 7.88. The van der Waals surface area contributed by atoms with Gasteiger partial charge in [-0.3, -0.25) is 9.59 Å². The average Bonchev–Trinajstić information content (AvgIpc) is 3.45. The lowest BCUT2D eigenvalue weighted by atomic mass is 9.83. The average molecular weight is 543 g/mol. The Hall–Kier alpha value is -2.31. The zero-order chi connectivity index (χ0) is 26.9. The number of benzene rings is 1. The fourth-order valence-electron chi connectivity index (χ4n) is 5.89. The topological polar surface area (TPSA) is 108 Å². The van der Waals surface area contributed by atoms with Crippen molar-refractivity contribution in [1.29, 1.82) is 0 Å². The molecule has 2 heterocycles. The van der Waals surface area contributed by atoms with Crippen molar-refractivity contribution in [1.82, 2.24) is 19.8 Å². The van der Waals surface area contributed by atoms with Crippen LogP contribution in [0.2, 0.25) is 0 Å². The van der Waals surface area contributed by atoms with Crippen LogP contribution in [0.5, 0.6) is 5.75 Å². The number of nitrogens with zero attached hydrogens (tertiary/aromatic N) is 2. The zero-order valence-electron chi connectivity index (χ0n) is 21.5. The summed E-state index contributed by atoms with van der Waals surface area (Å²) in [5.74, 6) is -2.60. The largest absolute Gasteiger partial charge is 0.487 e. The van der Waals surface area contributed by atoms with Crippen LogP contribution in [0.1, 0.15) is 45.4 Å². The third-order valence-electron chi connectivity index (χ3n) is 7.93. The monoisotopic (exact) mass is 542 g/mol. The van der Waals surface area contributed by atoms with Gasteiger partial charge in [0.05, 0.1) is 30.9 Å². The standard InChI is InChI=1S/C25H36F2N4O5S/c1-15(28-2)24(32)29-22(16-7-5-4-6-8-16)25(33)30-12-11-20-23(30)21(14-31(20)37(3,34)35)36-17-9-10-18(26)19(27)13-17/h9-10,13,15-16,20-23,28H,4-8,11-12,14H2,1-3H3,(H,29,32)/t15-,20+,21-,22-,23-/m0/s1. The number of ether oxygens (including phenoxy) is 1. The molecule has 1 aromatic carbocycles. The summed E-state index contributed by atoms with van der Waals surface area (Å²) >= 11 is 0. The van der Waals surface area contributed by atoms with Gasteiger partial charge in [0, 0.05) is 12.6 Å². The first kappa shape index (κ1) is 27.7. The molecule has 0 unspecified atom stereocenters. The maximum absolute atomic E-state index is 14.0. The van der Waals surface area contributed by atoms with Crippen LogP contribution in [-0.4, -0.2) is 86.1 Å². The number of amides is 2. The van der Waals surface area contributed by atoms with Crippen molar-refractivity contribution in [3.8, 4) is 5.75 Å². The minimum Gasteiger partial charge on any atom is -0.487 e. The molecule has 0 aromatic heterocycles. The summed E-state index contributed by atoms with van der Waals surface area (Å²) in [6, 6.07) is 0.787. The van der Waals surface area contributed by atoms with Gasteiger partial charge in [-0.1, -0.05) is 19.3 Å². The number of likely N-dealkylation sites (tertiary alicyclic amines) is 1. The Morgan fingerprint density at radius 3 is 2.43 bits per heavy atom. The molecular formula is C25H36F2N4O5S. The van der Waals surface area contributed by atoms with Gasteiger partial charge < -0.3 is 20.3 Å². The first-order valence-corrected chi connectivity index (χ1v) is 14.7. The number of sulfonamides is 1. The highest BCUT2D eigenvalue weighted by Crippen LogP contribution is 2.37. The van der Waals surface area contributed by atoms with E-state index in [2.05, 4.69) is 10.6 Å². The number of carbonyl (C=O) groups is 2. The Bertz CT molecular complexity index is 1110. The van der Waals surface area contributed by atoms with Gasteiger partial charge in [0.25, 0.3) is 0 Å². The van der Waals surface area contributed by atoms with Crippen LogP contribution in [0.25, 0.3) is 0 Å². The van der Waals surface area contributed by atoms with Crippen molar-refractivity contribution in [2.75, 3.05) is 26.4 Å². The van der Waals surface area contributed by atoms with Crippen LogP contribution >= 0.6 is 0 Å². The minimum atomic E-state index is -3.62. The molecule has 2 amide bonds. The van der Waals surface area contributed by atoms with E-state index in [1.165, 1.54) is 10.4 Å². The molecule has 0 bridgehead atoms. The summed E-state index contributed by atoms with van der Waals surface area (Å²) in [5, 5.41) is 5.85. The number of carbonyl (C=O) groups excluding carboxylic acids is 2. The SMILES string of the molecule is CN[C@@H](C)C(=O)N[C@H](C(=O)N1CC[C@@H]2[C@H]1[C@@H](Oc1ccc(F)c(F)c1)CN2S(C)(=O)=O)C1CCCCC1. The lowest BCUT2D eigenvalue weighted by Gasteiger charge is -2.36. The molecule has 37 heavy (non-hydrogen) atoms. The van der Waals surface area contributed by atoms with E-state index >= 15 is 0 Å². The Balaban J connectivity index is 1.63. The molecule has 0 spiro atoms. The molecule has 12 heteroatoms. The Labute approximate surface area is 216 Å². The van der Waals surface area contributed by atoms with Crippen molar-refractivity contribution in [3.63, 3.8) is 0 Å². The van der Waals surface area contributed by atoms with E-state index in [0.717, 1.165) is 50.5 Å². The number of likely N-dealkylation sites (N-methyl/N-ethyl adjacent to an activating group) is 1. The second-order valence-corrected chi connectivity index (χ2v) is 12.3. The molecule has 4 rings (SSSR count). The number of hydrogen-bond donors (Lipinski definition) is 2. The van der Waals surface area contributed by atoms with E-state index in [1.807, 2.05) is 0 Å². The molecular weight excluding hydrogens is 506 g/mol. The summed E-state index contributed by atoms with van der Waals surface area (Å²) in [7, 11) is -1.95. The fraction of sp³-hybridized carbons (Fsp3) is 0.680. The van der Waals surface area contributed by atoms with E-state index in [4.69, 9.17) is 4.74 Å². The van der Waals surface area contributed by atoms with E-state index < -0.39 is 51.9 Å². The zero-order valence-corrected chi connectivity index (χ0v) is 22.3. The molecule has 2 N–H and O–H groups in total. The third-order valence-corrected chi connectivity index (χ3v) is 9.20. The quantitative estimate of drug-likeness (QED) is 0.517. The molecule has 206 valence electrons. The molecule has 3 aliphatic rings. The van der Waals surface area contributed by atoms with Gasteiger partial charge in [0.15, 0.2) is 11.6 Å². The van der Waals surface area contributed by atoms with Crippen molar-refractivity contribution < 1.29 is 31.5 Å². The van der Waals surface area contributed by atoms with Gasteiger partial charge >= 0.3 is 0 Å². The Morgan fingerprint density at radius 2 is 1.81 bits per heavy atom. The first-order valence-electron chi connectivity index (χ1n) is 12.9. The summed E-state index contributed by atoms with van der Waals surface area (Å²) in [5.41, 5.74) is 0. The van der Waals surface area contributed by atoms with E-state index in [0.29, 0.717) is 13.0 Å². The minimum absolute atomic E-state index is 0.0197. The first-order chi connectivity index (χ1) is 17.5. The predicted octanol–water partition coefficient (Wildman–Crippen LogP) is 1.63. The highest BCUT2D eigenvalue weighted by Gasteiger charge is 2.55. The second kappa shape index (κ2) is 11.2. The van der Waals surface area contributed by atoms with Gasteiger partial charge in [0.1, 0.15) is 17.9 Å². The normalized spacial score (nSPS) is 26.5. The molecule has 3 fully saturated rings. The smallest absolute Gasteiger partial charge is 0.245 e. The molecule has 2 saturated heterocycles. The highest BCUT2D eigenvalue weighted by atomic mass is 32.2. The van der Waals surface area contributed by atoms with E-state index in [-0.39, 0.29) is 30.0 Å². The van der Waals surface area contributed by atoms with E-state index in [1.54, 1.807) is 18.9 Å². The molecule has 9 nitrogen and oxygen atoms in total.